The maximum atomic E-state index is 3.08. The van der Waals surface area contributed by atoms with E-state index in [1.54, 1.807) is 0 Å². The number of benzene rings is 1. The normalized spacial score (nSPS) is 7.58. The second-order valence-electron chi connectivity index (χ2n) is 2.02. The molecular formula is C10H20N2. The Bertz CT molecular complexity index is 161. The van der Waals surface area contributed by atoms with Crippen LogP contribution in [0, 0.1) is 0 Å². The summed E-state index contributed by atoms with van der Waals surface area (Å²) in [6.45, 7) is 4.96. The molecule has 70 valence electrons. The van der Waals surface area contributed by atoms with Crippen LogP contribution < -0.4 is 11.5 Å². The van der Waals surface area contributed by atoms with E-state index in [2.05, 4.69) is 17.4 Å². The maximum absolute atomic E-state index is 3.08. The highest BCUT2D eigenvalue weighted by Crippen LogP contribution is 1.95. The molecule has 0 saturated heterocycles. The summed E-state index contributed by atoms with van der Waals surface area (Å²) in [7, 11) is 1.95. The van der Waals surface area contributed by atoms with Crippen molar-refractivity contribution >= 4 is 0 Å². The van der Waals surface area contributed by atoms with Gasteiger partial charge < -0.3 is 11.5 Å². The standard InChI is InChI=1S/C8H11N.C2H6.H3N/c1-9-7-8-5-3-2-4-6-8;1-2;/h2-6,9H,7H2,1H3;1-2H3;1H3. The van der Waals surface area contributed by atoms with Gasteiger partial charge in [0.05, 0.1) is 0 Å². The molecule has 0 spiro atoms. The molecule has 0 heterocycles. The Morgan fingerprint density at radius 3 is 2.00 bits per heavy atom. The fourth-order valence-corrected chi connectivity index (χ4v) is 0.800. The maximum Gasteiger partial charge on any atom is 0.0202 e. The summed E-state index contributed by atoms with van der Waals surface area (Å²) in [5, 5.41) is 3.08. The lowest BCUT2D eigenvalue weighted by Gasteiger charge is -1.95. The van der Waals surface area contributed by atoms with Crippen molar-refractivity contribution in [1.82, 2.24) is 11.5 Å². The fourth-order valence-electron chi connectivity index (χ4n) is 0.800. The molecule has 2 heteroatoms. The van der Waals surface area contributed by atoms with Crippen molar-refractivity contribution in [3.63, 3.8) is 0 Å². The van der Waals surface area contributed by atoms with E-state index in [9.17, 15) is 0 Å². The van der Waals surface area contributed by atoms with Crippen molar-refractivity contribution in [1.29, 1.82) is 0 Å². The smallest absolute Gasteiger partial charge is 0.0202 e. The van der Waals surface area contributed by atoms with Gasteiger partial charge in [-0.05, 0) is 12.6 Å². The third-order valence-electron chi connectivity index (χ3n) is 1.22. The minimum absolute atomic E-state index is 0. The van der Waals surface area contributed by atoms with E-state index >= 15 is 0 Å². The van der Waals surface area contributed by atoms with Gasteiger partial charge >= 0.3 is 0 Å². The molecule has 0 amide bonds. The number of hydrogen-bond donors (Lipinski definition) is 2. The van der Waals surface area contributed by atoms with Gasteiger partial charge in [-0.1, -0.05) is 44.2 Å². The van der Waals surface area contributed by atoms with Crippen LogP contribution in [0.4, 0.5) is 0 Å². The first-order chi connectivity index (χ1) is 5.43. The third kappa shape index (κ3) is 5.89. The van der Waals surface area contributed by atoms with Crippen LogP contribution in [-0.4, -0.2) is 7.05 Å². The molecule has 0 aliphatic carbocycles. The van der Waals surface area contributed by atoms with E-state index in [-0.39, 0.29) is 6.15 Å². The summed E-state index contributed by atoms with van der Waals surface area (Å²) in [6.07, 6.45) is 0. The molecule has 1 aromatic carbocycles. The first-order valence-corrected chi connectivity index (χ1v) is 4.12. The summed E-state index contributed by atoms with van der Waals surface area (Å²) >= 11 is 0. The Hall–Kier alpha value is -0.860. The largest absolute Gasteiger partial charge is 0.344 e. The average molecular weight is 168 g/mol. The summed E-state index contributed by atoms with van der Waals surface area (Å²) in [5.74, 6) is 0. The van der Waals surface area contributed by atoms with Gasteiger partial charge in [0.25, 0.3) is 0 Å². The predicted molar refractivity (Wildman–Crippen MR) is 55.6 cm³/mol. The first kappa shape index (κ1) is 13.7. The number of rotatable bonds is 2. The quantitative estimate of drug-likeness (QED) is 0.713. The zero-order chi connectivity index (χ0) is 8.53. The minimum Gasteiger partial charge on any atom is -0.344 e. The second-order valence-corrected chi connectivity index (χ2v) is 2.02. The average Bonchev–Trinajstić information content (AvgIpc) is 2.11. The van der Waals surface area contributed by atoms with Gasteiger partial charge in [0, 0.05) is 6.54 Å². The third-order valence-corrected chi connectivity index (χ3v) is 1.22. The molecule has 0 aliphatic heterocycles. The number of nitrogens with one attached hydrogen (secondary N) is 1. The van der Waals surface area contributed by atoms with Crippen LogP contribution in [0.3, 0.4) is 0 Å². The molecule has 0 aromatic heterocycles. The molecule has 1 rings (SSSR count). The Labute approximate surface area is 75.6 Å². The summed E-state index contributed by atoms with van der Waals surface area (Å²) < 4.78 is 0. The van der Waals surface area contributed by atoms with E-state index in [0.717, 1.165) is 6.54 Å². The zero-order valence-corrected chi connectivity index (χ0v) is 8.30. The molecule has 0 bridgehead atoms. The number of hydrogen-bond acceptors (Lipinski definition) is 2. The molecule has 1 aromatic rings. The zero-order valence-electron chi connectivity index (χ0n) is 8.30. The molecule has 0 radical (unpaired) electrons. The fraction of sp³-hybridized carbons (Fsp3) is 0.400. The molecule has 0 fully saturated rings. The van der Waals surface area contributed by atoms with Gasteiger partial charge in [0.1, 0.15) is 0 Å². The molecule has 4 N–H and O–H groups in total. The van der Waals surface area contributed by atoms with Crippen LogP contribution in [0.2, 0.25) is 0 Å². The van der Waals surface area contributed by atoms with Crippen LogP contribution in [0.25, 0.3) is 0 Å². The van der Waals surface area contributed by atoms with Crippen LogP contribution in [0.5, 0.6) is 0 Å². The summed E-state index contributed by atoms with van der Waals surface area (Å²) in [5.41, 5.74) is 1.33. The van der Waals surface area contributed by atoms with E-state index < -0.39 is 0 Å². The van der Waals surface area contributed by atoms with Gasteiger partial charge in [0.2, 0.25) is 0 Å². The highest BCUT2D eigenvalue weighted by molar-refractivity contribution is 5.13. The van der Waals surface area contributed by atoms with Crippen molar-refractivity contribution in [3.8, 4) is 0 Å². The minimum atomic E-state index is 0. The van der Waals surface area contributed by atoms with Crippen LogP contribution in [0.1, 0.15) is 19.4 Å². The summed E-state index contributed by atoms with van der Waals surface area (Å²) in [4.78, 5) is 0. The molecular weight excluding hydrogens is 148 g/mol. The van der Waals surface area contributed by atoms with Crippen molar-refractivity contribution in [2.24, 2.45) is 0 Å². The van der Waals surface area contributed by atoms with E-state index in [1.807, 2.05) is 39.1 Å². The van der Waals surface area contributed by atoms with Gasteiger partial charge in [-0.3, -0.25) is 0 Å². The highest BCUT2D eigenvalue weighted by Gasteiger charge is 1.83. The molecule has 0 aliphatic rings. The van der Waals surface area contributed by atoms with Crippen molar-refractivity contribution in [2.45, 2.75) is 20.4 Å². The topological polar surface area (TPSA) is 47.0 Å². The molecule has 0 unspecified atom stereocenters. The van der Waals surface area contributed by atoms with Gasteiger partial charge in [-0.2, -0.15) is 0 Å². The van der Waals surface area contributed by atoms with Crippen molar-refractivity contribution in [3.05, 3.63) is 35.9 Å². The predicted octanol–water partition coefficient (Wildman–Crippen LogP) is 2.59. The van der Waals surface area contributed by atoms with Gasteiger partial charge in [-0.25, -0.2) is 0 Å². The molecule has 0 saturated carbocycles. The van der Waals surface area contributed by atoms with Gasteiger partial charge in [0.15, 0.2) is 0 Å². The van der Waals surface area contributed by atoms with E-state index in [0.29, 0.717) is 0 Å². The lowest BCUT2D eigenvalue weighted by Crippen LogP contribution is -2.04. The Kier molecular flexibility index (Phi) is 11.6. The lowest BCUT2D eigenvalue weighted by molar-refractivity contribution is 0.818. The van der Waals surface area contributed by atoms with Crippen LogP contribution >= 0.6 is 0 Å². The second kappa shape index (κ2) is 10.1. The lowest BCUT2D eigenvalue weighted by atomic mass is 10.2. The molecule has 0 atom stereocenters. The van der Waals surface area contributed by atoms with Crippen LogP contribution in [-0.2, 0) is 6.54 Å². The van der Waals surface area contributed by atoms with Crippen LogP contribution in [0.15, 0.2) is 30.3 Å². The van der Waals surface area contributed by atoms with Gasteiger partial charge in [-0.15, -0.1) is 0 Å². The Balaban J connectivity index is 0. The van der Waals surface area contributed by atoms with Crippen molar-refractivity contribution in [2.75, 3.05) is 7.05 Å². The first-order valence-electron chi connectivity index (χ1n) is 4.12. The molecule has 12 heavy (non-hydrogen) atoms. The Morgan fingerprint density at radius 1 is 1.08 bits per heavy atom. The Morgan fingerprint density at radius 2 is 1.58 bits per heavy atom. The summed E-state index contributed by atoms with van der Waals surface area (Å²) in [6, 6.07) is 10.3. The monoisotopic (exact) mass is 168 g/mol. The molecule has 2 nitrogen and oxygen atoms in total. The van der Waals surface area contributed by atoms with E-state index in [1.165, 1.54) is 5.56 Å². The SMILES string of the molecule is CC.CNCc1ccccc1.N. The highest BCUT2D eigenvalue weighted by atomic mass is 14.8. The van der Waals surface area contributed by atoms with Crippen molar-refractivity contribution < 1.29 is 0 Å². The van der Waals surface area contributed by atoms with E-state index in [4.69, 9.17) is 0 Å².